The van der Waals surface area contributed by atoms with Gasteiger partial charge >= 0.3 is 0 Å². The van der Waals surface area contributed by atoms with Crippen LogP contribution in [0.4, 0.5) is 5.69 Å². The number of hydrogen-bond acceptors (Lipinski definition) is 5. The molecule has 0 fully saturated rings. The summed E-state index contributed by atoms with van der Waals surface area (Å²) in [6.45, 7) is 4.91. The van der Waals surface area contributed by atoms with Crippen molar-refractivity contribution in [3.63, 3.8) is 0 Å². The molecule has 0 aliphatic carbocycles. The molecule has 0 saturated heterocycles. The first-order valence-electron chi connectivity index (χ1n) is 6.83. The molecule has 2 heterocycles. The van der Waals surface area contributed by atoms with Gasteiger partial charge in [-0.1, -0.05) is 6.07 Å². The molecule has 0 saturated carbocycles. The normalized spacial score (nSPS) is 15.0. The van der Waals surface area contributed by atoms with E-state index in [1.807, 2.05) is 25.1 Å². The molecule has 3 rings (SSSR count). The highest BCUT2D eigenvalue weighted by molar-refractivity contribution is 7.09. The zero-order valence-corrected chi connectivity index (χ0v) is 12.8. The molecule has 1 amide bonds. The lowest BCUT2D eigenvalue weighted by Crippen LogP contribution is -2.26. The Bertz CT molecular complexity index is 669. The zero-order valence-electron chi connectivity index (χ0n) is 12.0. The molecule has 1 aromatic carbocycles. The van der Waals surface area contributed by atoms with Gasteiger partial charge in [-0.25, -0.2) is 4.98 Å². The molecule has 0 bridgehead atoms. The van der Waals surface area contributed by atoms with Gasteiger partial charge in [-0.05, 0) is 31.5 Å². The van der Waals surface area contributed by atoms with Gasteiger partial charge in [-0.3, -0.25) is 4.79 Å². The average molecular weight is 303 g/mol. The maximum Gasteiger partial charge on any atom is 0.262 e. The van der Waals surface area contributed by atoms with Crippen LogP contribution >= 0.6 is 11.3 Å². The minimum absolute atomic E-state index is 0.0866. The summed E-state index contributed by atoms with van der Waals surface area (Å²) < 4.78 is 5.36. The van der Waals surface area contributed by atoms with E-state index in [4.69, 9.17) is 4.74 Å². The van der Waals surface area contributed by atoms with Gasteiger partial charge in [0.15, 0.2) is 6.61 Å². The van der Waals surface area contributed by atoms with Gasteiger partial charge in [0.05, 0.1) is 16.4 Å². The van der Waals surface area contributed by atoms with E-state index in [1.165, 1.54) is 0 Å². The first-order valence-corrected chi connectivity index (χ1v) is 7.71. The number of fused-ring (bicyclic) bond motifs is 1. The summed E-state index contributed by atoms with van der Waals surface area (Å²) in [4.78, 5) is 15.8. The van der Waals surface area contributed by atoms with Gasteiger partial charge in [-0.2, -0.15) is 0 Å². The number of aryl methyl sites for hydroxylation is 1. The number of thiazole rings is 1. The van der Waals surface area contributed by atoms with E-state index in [0.29, 0.717) is 0 Å². The van der Waals surface area contributed by atoms with Crippen LogP contribution in [0, 0.1) is 6.92 Å². The number of aromatic nitrogens is 1. The number of amides is 1. The minimum atomic E-state index is -0.113. The van der Waals surface area contributed by atoms with E-state index < -0.39 is 0 Å². The molecule has 5 nitrogen and oxygen atoms in total. The summed E-state index contributed by atoms with van der Waals surface area (Å²) in [6, 6.07) is 6.03. The van der Waals surface area contributed by atoms with Crippen molar-refractivity contribution >= 4 is 22.9 Å². The Morgan fingerprint density at radius 2 is 2.38 bits per heavy atom. The second-order valence-electron chi connectivity index (χ2n) is 5.05. The second-order valence-corrected chi connectivity index (χ2v) is 6.12. The molecule has 110 valence electrons. The topological polar surface area (TPSA) is 63.2 Å². The third kappa shape index (κ3) is 3.22. The summed E-state index contributed by atoms with van der Waals surface area (Å²) in [7, 11) is 0. The highest BCUT2D eigenvalue weighted by Crippen LogP contribution is 2.30. The van der Waals surface area contributed by atoms with Gasteiger partial charge < -0.3 is 15.4 Å². The molecule has 1 aliphatic rings. The van der Waals surface area contributed by atoms with Crippen LogP contribution in [0.2, 0.25) is 0 Å². The van der Waals surface area contributed by atoms with E-state index in [9.17, 15) is 4.79 Å². The van der Waals surface area contributed by atoms with Crippen molar-refractivity contribution in [2.75, 3.05) is 11.9 Å². The van der Waals surface area contributed by atoms with Crippen LogP contribution in [0.15, 0.2) is 23.6 Å². The molecule has 21 heavy (non-hydrogen) atoms. The number of carbonyl (C=O) groups excluding carboxylic acids is 1. The van der Waals surface area contributed by atoms with Crippen molar-refractivity contribution < 1.29 is 9.53 Å². The lowest BCUT2D eigenvalue weighted by atomic mass is 10.1. The number of nitrogens with one attached hydrogen (secondary N) is 2. The Balaban J connectivity index is 1.68. The number of rotatable bonds is 4. The van der Waals surface area contributed by atoms with Gasteiger partial charge in [0.25, 0.3) is 5.91 Å². The van der Waals surface area contributed by atoms with E-state index in [2.05, 4.69) is 27.9 Å². The number of anilines is 1. The first-order chi connectivity index (χ1) is 10.1. The van der Waals surface area contributed by atoms with Crippen molar-refractivity contribution in [1.29, 1.82) is 0 Å². The Morgan fingerprint density at radius 3 is 3.14 bits per heavy atom. The number of carbonyl (C=O) groups is 1. The minimum Gasteiger partial charge on any atom is -0.482 e. The van der Waals surface area contributed by atoms with Crippen molar-refractivity contribution in [2.24, 2.45) is 0 Å². The van der Waals surface area contributed by atoms with E-state index >= 15 is 0 Å². The van der Waals surface area contributed by atoms with Crippen LogP contribution in [-0.4, -0.2) is 17.5 Å². The summed E-state index contributed by atoms with van der Waals surface area (Å²) in [5.41, 5.74) is 2.90. The highest BCUT2D eigenvalue weighted by atomic mass is 32.1. The molecular formula is C15H17N3O2S. The maximum absolute atomic E-state index is 11.4. The fraction of sp³-hybridized carbons (Fsp3) is 0.333. The Hall–Kier alpha value is -1.92. The molecule has 1 aromatic heterocycles. The highest BCUT2D eigenvalue weighted by Gasteiger charge is 2.17. The second kappa shape index (κ2) is 5.83. The predicted molar refractivity (Wildman–Crippen MR) is 82.7 cm³/mol. The number of ether oxygens (including phenoxy) is 1. The molecule has 0 radical (unpaired) electrons. The molecule has 1 atom stereocenters. The maximum atomic E-state index is 11.4. The summed E-state index contributed by atoms with van der Waals surface area (Å²) in [6.07, 6.45) is 0. The van der Waals surface area contributed by atoms with Gasteiger partial charge in [-0.15, -0.1) is 11.3 Å². The van der Waals surface area contributed by atoms with Crippen LogP contribution in [0.25, 0.3) is 0 Å². The van der Waals surface area contributed by atoms with Gasteiger partial charge in [0.1, 0.15) is 5.75 Å². The van der Waals surface area contributed by atoms with Crippen LogP contribution in [0.1, 0.15) is 29.2 Å². The summed E-state index contributed by atoms with van der Waals surface area (Å²) in [5.74, 6) is 0.610. The molecule has 6 heteroatoms. The van der Waals surface area contributed by atoms with Crippen molar-refractivity contribution in [2.45, 2.75) is 26.4 Å². The van der Waals surface area contributed by atoms with E-state index in [1.54, 1.807) is 11.3 Å². The predicted octanol–water partition coefficient (Wildman–Crippen LogP) is 2.63. The summed E-state index contributed by atoms with van der Waals surface area (Å²) in [5, 5.41) is 9.41. The summed E-state index contributed by atoms with van der Waals surface area (Å²) >= 11 is 1.66. The third-order valence-corrected chi connectivity index (χ3v) is 4.21. The van der Waals surface area contributed by atoms with Crippen LogP contribution in [0.5, 0.6) is 5.75 Å². The largest absolute Gasteiger partial charge is 0.482 e. The zero-order chi connectivity index (χ0) is 14.8. The SMILES string of the molecule is Cc1nc(CN[C@@H](C)c2ccc3c(c2)NC(=O)CO3)cs1. The van der Waals surface area contributed by atoms with Crippen molar-refractivity contribution in [1.82, 2.24) is 10.3 Å². The van der Waals surface area contributed by atoms with E-state index in [0.717, 1.165) is 34.2 Å². The Morgan fingerprint density at radius 1 is 1.52 bits per heavy atom. The number of benzene rings is 1. The first kappa shape index (κ1) is 14.0. The van der Waals surface area contributed by atoms with Crippen LogP contribution in [-0.2, 0) is 11.3 Å². The lowest BCUT2D eigenvalue weighted by Gasteiger charge is -2.20. The molecular weight excluding hydrogens is 286 g/mol. The molecule has 0 unspecified atom stereocenters. The van der Waals surface area contributed by atoms with E-state index in [-0.39, 0.29) is 18.6 Å². The van der Waals surface area contributed by atoms with Crippen LogP contribution < -0.4 is 15.4 Å². The monoisotopic (exact) mass is 303 g/mol. The number of nitrogens with zero attached hydrogens (tertiary/aromatic N) is 1. The smallest absolute Gasteiger partial charge is 0.262 e. The Labute approximate surface area is 127 Å². The quantitative estimate of drug-likeness (QED) is 0.911. The van der Waals surface area contributed by atoms with Gasteiger partial charge in [0, 0.05) is 18.0 Å². The van der Waals surface area contributed by atoms with Crippen molar-refractivity contribution in [3.8, 4) is 5.75 Å². The van der Waals surface area contributed by atoms with Gasteiger partial charge in [0.2, 0.25) is 0 Å². The third-order valence-electron chi connectivity index (χ3n) is 3.39. The van der Waals surface area contributed by atoms with Crippen LogP contribution in [0.3, 0.4) is 0 Å². The Kier molecular flexibility index (Phi) is 3.90. The lowest BCUT2D eigenvalue weighted by molar-refractivity contribution is -0.118. The fourth-order valence-electron chi connectivity index (χ4n) is 2.24. The molecule has 0 spiro atoms. The average Bonchev–Trinajstić information content (AvgIpc) is 2.89. The molecule has 2 N–H and O–H groups in total. The fourth-order valence-corrected chi connectivity index (χ4v) is 2.85. The number of hydrogen-bond donors (Lipinski definition) is 2. The standard InChI is InChI=1S/C15H17N3O2S/c1-9(16-6-12-8-21-10(2)17-12)11-3-4-14-13(5-11)18-15(19)7-20-14/h3-5,8-9,16H,6-7H2,1-2H3,(H,18,19)/t9-/m0/s1. The van der Waals surface area contributed by atoms with Crippen molar-refractivity contribution in [3.05, 3.63) is 39.8 Å². The molecule has 1 aliphatic heterocycles. The molecule has 2 aromatic rings.